The van der Waals surface area contributed by atoms with E-state index in [0.717, 1.165) is 11.3 Å². The van der Waals surface area contributed by atoms with Crippen molar-refractivity contribution in [3.63, 3.8) is 0 Å². The fourth-order valence-corrected chi connectivity index (χ4v) is 2.92. The molecule has 0 unspecified atom stereocenters. The summed E-state index contributed by atoms with van der Waals surface area (Å²) in [5, 5.41) is 11.2. The molecule has 3 N–H and O–H groups in total. The molecule has 0 amide bonds. The van der Waals surface area contributed by atoms with Gasteiger partial charge in [-0.1, -0.05) is 23.7 Å². The molecule has 1 saturated heterocycles. The number of nitrogens with zero attached hydrogens (tertiary/aromatic N) is 1. The summed E-state index contributed by atoms with van der Waals surface area (Å²) in [6, 6.07) is 5.71. The molecule has 1 aromatic rings. The van der Waals surface area contributed by atoms with Gasteiger partial charge in [0.25, 0.3) is 0 Å². The molecule has 5 heteroatoms. The lowest BCUT2D eigenvalue weighted by Gasteiger charge is -2.37. The van der Waals surface area contributed by atoms with Gasteiger partial charge in [0.15, 0.2) is 0 Å². The van der Waals surface area contributed by atoms with Crippen LogP contribution < -0.4 is 10.6 Å². The third-order valence-electron chi connectivity index (χ3n) is 3.63. The van der Waals surface area contributed by atoms with Gasteiger partial charge in [0.1, 0.15) is 0 Å². The first-order valence-electron chi connectivity index (χ1n) is 6.54. The van der Waals surface area contributed by atoms with E-state index >= 15 is 0 Å². The van der Waals surface area contributed by atoms with Crippen molar-refractivity contribution in [2.75, 3.05) is 31.7 Å². The number of rotatable bonds is 4. The molecule has 0 radical (unpaired) electrons. The van der Waals surface area contributed by atoms with Gasteiger partial charge >= 0.3 is 0 Å². The van der Waals surface area contributed by atoms with Gasteiger partial charge in [0.2, 0.25) is 0 Å². The molecule has 0 bridgehead atoms. The van der Waals surface area contributed by atoms with Gasteiger partial charge in [-0.3, -0.25) is 0 Å². The number of hydrogen-bond acceptors (Lipinski definition) is 4. The average molecular weight is 285 g/mol. The van der Waals surface area contributed by atoms with Crippen molar-refractivity contribution in [1.29, 1.82) is 0 Å². The van der Waals surface area contributed by atoms with Crippen molar-refractivity contribution in [1.82, 2.24) is 0 Å². The molecular weight excluding hydrogens is 264 g/mol. The highest BCUT2D eigenvalue weighted by molar-refractivity contribution is 6.33. The molecule has 2 rings (SSSR count). The zero-order chi connectivity index (χ0) is 13.9. The predicted molar refractivity (Wildman–Crippen MR) is 77.6 cm³/mol. The molecule has 0 aromatic heterocycles. The molecule has 19 heavy (non-hydrogen) atoms. The first-order chi connectivity index (χ1) is 9.06. The molecule has 0 atom stereocenters. The minimum Gasteiger partial charge on any atom is -0.388 e. The standard InChI is InChI=1S/C14H21ClN2O2/c1-17(10-14(18)5-7-19-8-6-14)13-11(9-16)3-2-4-12(13)15/h2-4,18H,5-10,16H2,1H3. The number of aliphatic hydroxyl groups is 1. The van der Waals surface area contributed by atoms with E-state index < -0.39 is 5.60 Å². The minimum atomic E-state index is -0.710. The first-order valence-corrected chi connectivity index (χ1v) is 6.92. The lowest BCUT2D eigenvalue weighted by atomic mass is 9.93. The largest absolute Gasteiger partial charge is 0.388 e. The van der Waals surface area contributed by atoms with Crippen LogP contribution in [-0.4, -0.2) is 37.5 Å². The number of hydrogen-bond donors (Lipinski definition) is 2. The Hall–Kier alpha value is -0.810. The maximum absolute atomic E-state index is 10.6. The van der Waals surface area contributed by atoms with Crippen LogP contribution in [0.4, 0.5) is 5.69 Å². The van der Waals surface area contributed by atoms with E-state index in [4.69, 9.17) is 22.1 Å². The van der Waals surface area contributed by atoms with Gasteiger partial charge < -0.3 is 20.5 Å². The van der Waals surface area contributed by atoms with Gasteiger partial charge in [-0.05, 0) is 11.6 Å². The molecule has 106 valence electrons. The number of anilines is 1. The van der Waals surface area contributed by atoms with Crippen LogP contribution in [0.5, 0.6) is 0 Å². The fourth-order valence-electron chi connectivity index (χ4n) is 2.58. The zero-order valence-corrected chi connectivity index (χ0v) is 12.0. The van der Waals surface area contributed by atoms with Crippen LogP contribution in [0.1, 0.15) is 18.4 Å². The molecule has 0 spiro atoms. The Morgan fingerprint density at radius 2 is 2.11 bits per heavy atom. The van der Waals surface area contributed by atoms with E-state index in [9.17, 15) is 5.11 Å². The summed E-state index contributed by atoms with van der Waals surface area (Å²) in [5.74, 6) is 0. The predicted octanol–water partition coefficient (Wildman–Crippen LogP) is 1.78. The smallest absolute Gasteiger partial charge is 0.0865 e. The van der Waals surface area contributed by atoms with Gasteiger partial charge in [-0.2, -0.15) is 0 Å². The fraction of sp³-hybridized carbons (Fsp3) is 0.571. The third-order valence-corrected chi connectivity index (χ3v) is 3.93. The molecule has 0 aliphatic carbocycles. The van der Waals surface area contributed by atoms with Gasteiger partial charge in [0.05, 0.1) is 16.3 Å². The molecular formula is C14H21ClN2O2. The molecule has 4 nitrogen and oxygen atoms in total. The molecule has 1 aromatic carbocycles. The van der Waals surface area contributed by atoms with Crippen LogP contribution in [0.25, 0.3) is 0 Å². The van der Waals surface area contributed by atoms with E-state index in [2.05, 4.69) is 0 Å². The summed E-state index contributed by atoms with van der Waals surface area (Å²) in [6.07, 6.45) is 1.31. The Labute approximate surface area is 119 Å². The van der Waals surface area contributed by atoms with Crippen LogP contribution in [-0.2, 0) is 11.3 Å². The number of nitrogens with two attached hydrogens (primary N) is 1. The summed E-state index contributed by atoms with van der Waals surface area (Å²) >= 11 is 6.26. The maximum atomic E-state index is 10.6. The average Bonchev–Trinajstić information content (AvgIpc) is 2.38. The van der Waals surface area contributed by atoms with Crippen LogP contribution in [0.3, 0.4) is 0 Å². The normalized spacial score (nSPS) is 18.3. The zero-order valence-electron chi connectivity index (χ0n) is 11.2. The van der Waals surface area contributed by atoms with Crippen LogP contribution >= 0.6 is 11.6 Å². The van der Waals surface area contributed by atoms with Gasteiger partial charge in [0, 0.05) is 46.2 Å². The summed E-state index contributed by atoms with van der Waals surface area (Å²) in [6.45, 7) is 2.18. The lowest BCUT2D eigenvalue weighted by molar-refractivity contribution is -0.0572. The van der Waals surface area contributed by atoms with Crippen LogP contribution in [0, 0.1) is 0 Å². The van der Waals surface area contributed by atoms with Crippen LogP contribution in [0.2, 0.25) is 5.02 Å². The Kier molecular flexibility index (Phi) is 4.68. The SMILES string of the molecule is CN(CC1(O)CCOCC1)c1c(Cl)cccc1CN. The summed E-state index contributed by atoms with van der Waals surface area (Å²) in [5.41, 5.74) is 6.95. The third kappa shape index (κ3) is 3.39. The van der Waals surface area contributed by atoms with Crippen molar-refractivity contribution < 1.29 is 9.84 Å². The Morgan fingerprint density at radius 3 is 2.74 bits per heavy atom. The number of halogens is 1. The van der Waals surface area contributed by atoms with Crippen molar-refractivity contribution >= 4 is 17.3 Å². The van der Waals surface area contributed by atoms with Gasteiger partial charge in [-0.25, -0.2) is 0 Å². The minimum absolute atomic E-state index is 0.432. The van der Waals surface area contributed by atoms with Crippen molar-refractivity contribution in [3.05, 3.63) is 28.8 Å². The van der Waals surface area contributed by atoms with Crippen LogP contribution in [0.15, 0.2) is 18.2 Å². The second kappa shape index (κ2) is 6.09. The van der Waals surface area contributed by atoms with Crippen molar-refractivity contribution in [3.8, 4) is 0 Å². The maximum Gasteiger partial charge on any atom is 0.0865 e. The highest BCUT2D eigenvalue weighted by Gasteiger charge is 2.31. The highest BCUT2D eigenvalue weighted by atomic mass is 35.5. The summed E-state index contributed by atoms with van der Waals surface area (Å²) < 4.78 is 5.30. The Bertz CT molecular complexity index is 433. The van der Waals surface area contributed by atoms with E-state index in [-0.39, 0.29) is 0 Å². The number of ether oxygens (including phenoxy) is 1. The van der Waals surface area contributed by atoms with E-state index in [0.29, 0.717) is 44.2 Å². The first kappa shape index (κ1) is 14.6. The molecule has 1 aliphatic heterocycles. The number of likely N-dealkylation sites (N-methyl/N-ethyl adjacent to an activating group) is 1. The summed E-state index contributed by atoms with van der Waals surface area (Å²) in [4.78, 5) is 2.00. The van der Waals surface area contributed by atoms with E-state index in [1.807, 2.05) is 30.1 Å². The topological polar surface area (TPSA) is 58.7 Å². The van der Waals surface area contributed by atoms with Gasteiger partial charge in [-0.15, -0.1) is 0 Å². The second-order valence-corrected chi connectivity index (χ2v) is 5.55. The second-order valence-electron chi connectivity index (χ2n) is 5.14. The quantitative estimate of drug-likeness (QED) is 0.885. The Morgan fingerprint density at radius 1 is 1.42 bits per heavy atom. The monoisotopic (exact) mass is 284 g/mol. The van der Waals surface area contributed by atoms with Crippen molar-refractivity contribution in [2.45, 2.75) is 25.0 Å². The lowest BCUT2D eigenvalue weighted by Crippen LogP contribution is -2.46. The van der Waals surface area contributed by atoms with Crippen molar-refractivity contribution in [2.24, 2.45) is 5.73 Å². The van der Waals surface area contributed by atoms with E-state index in [1.165, 1.54) is 0 Å². The van der Waals surface area contributed by atoms with E-state index in [1.54, 1.807) is 0 Å². The molecule has 1 fully saturated rings. The molecule has 0 saturated carbocycles. The molecule has 1 heterocycles. The number of para-hydroxylation sites is 1. The highest BCUT2D eigenvalue weighted by Crippen LogP contribution is 2.31. The Balaban J connectivity index is 2.17. The number of benzene rings is 1. The molecule has 1 aliphatic rings. The summed E-state index contributed by atoms with van der Waals surface area (Å²) in [7, 11) is 1.94.